The summed E-state index contributed by atoms with van der Waals surface area (Å²) in [6.45, 7) is 2.09. The molecule has 2 heterocycles. The number of methoxy groups -OCH3 is 1. The third-order valence-corrected chi connectivity index (χ3v) is 6.13. The standard InChI is InChI=1S/C27H27N5O2/c1-18-8-12-20(13-9-18)23-17-24(21-6-4-3-5-7-21)32-27(28-23)30-26(31-32)29-25(33)16-19-10-14-22(34-2)15-11-19/h3-15,23-24H,16-17H2,1-2H3,(H2,28,29,30,31,33). The summed E-state index contributed by atoms with van der Waals surface area (Å²) in [7, 11) is 1.62. The number of nitrogens with one attached hydrogen (secondary N) is 2. The second-order valence-electron chi connectivity index (χ2n) is 8.55. The molecule has 4 aromatic rings. The molecule has 7 heteroatoms. The first-order chi connectivity index (χ1) is 16.6. The van der Waals surface area contributed by atoms with Crippen molar-refractivity contribution in [3.05, 3.63) is 101 Å². The Kier molecular flexibility index (Phi) is 5.99. The van der Waals surface area contributed by atoms with Crippen LogP contribution in [0.4, 0.5) is 11.9 Å². The van der Waals surface area contributed by atoms with Crippen molar-refractivity contribution in [3.8, 4) is 5.75 Å². The van der Waals surface area contributed by atoms with E-state index < -0.39 is 0 Å². The molecule has 0 saturated carbocycles. The van der Waals surface area contributed by atoms with Crippen LogP contribution in [-0.4, -0.2) is 27.8 Å². The molecule has 7 nitrogen and oxygen atoms in total. The molecule has 2 unspecified atom stereocenters. The fourth-order valence-corrected chi connectivity index (χ4v) is 4.30. The van der Waals surface area contributed by atoms with Crippen LogP contribution >= 0.6 is 0 Å². The highest BCUT2D eigenvalue weighted by Crippen LogP contribution is 2.38. The molecular formula is C27H27N5O2. The minimum atomic E-state index is -0.167. The zero-order valence-corrected chi connectivity index (χ0v) is 19.2. The number of rotatable bonds is 6. The summed E-state index contributed by atoms with van der Waals surface area (Å²) in [5.74, 6) is 1.53. The van der Waals surface area contributed by atoms with E-state index in [1.807, 2.05) is 47.1 Å². The average molecular weight is 454 g/mol. The van der Waals surface area contributed by atoms with Gasteiger partial charge >= 0.3 is 0 Å². The number of aryl methyl sites for hydroxylation is 1. The summed E-state index contributed by atoms with van der Waals surface area (Å²) in [6.07, 6.45) is 1.05. The van der Waals surface area contributed by atoms with Crippen LogP contribution in [0.15, 0.2) is 78.9 Å². The van der Waals surface area contributed by atoms with Crippen LogP contribution in [-0.2, 0) is 11.2 Å². The lowest BCUT2D eigenvalue weighted by atomic mass is 9.93. The number of benzene rings is 3. The molecule has 1 amide bonds. The van der Waals surface area contributed by atoms with Crippen LogP contribution in [0.1, 0.15) is 40.8 Å². The minimum Gasteiger partial charge on any atom is -0.497 e. The normalized spacial score (nSPS) is 16.9. The fraction of sp³-hybridized carbons (Fsp3) is 0.222. The SMILES string of the molecule is COc1ccc(CC(=O)Nc2nc3n(n2)C(c2ccccc2)CC(c2ccc(C)cc2)N3)cc1. The molecule has 0 radical (unpaired) electrons. The molecule has 0 fully saturated rings. The van der Waals surface area contributed by atoms with Gasteiger partial charge in [-0.2, -0.15) is 4.98 Å². The number of aromatic nitrogens is 3. The summed E-state index contributed by atoms with van der Waals surface area (Å²) in [6, 6.07) is 26.4. The van der Waals surface area contributed by atoms with Gasteiger partial charge in [-0.3, -0.25) is 10.1 Å². The molecule has 0 saturated heterocycles. The Morgan fingerprint density at radius 3 is 2.47 bits per heavy atom. The molecule has 1 aromatic heterocycles. The fourth-order valence-electron chi connectivity index (χ4n) is 4.30. The van der Waals surface area contributed by atoms with Crippen molar-refractivity contribution in [2.45, 2.75) is 31.8 Å². The molecule has 5 rings (SSSR count). The zero-order valence-electron chi connectivity index (χ0n) is 19.2. The van der Waals surface area contributed by atoms with Crippen molar-refractivity contribution in [3.63, 3.8) is 0 Å². The second-order valence-corrected chi connectivity index (χ2v) is 8.55. The minimum absolute atomic E-state index is 0.00323. The first-order valence-corrected chi connectivity index (χ1v) is 11.4. The van der Waals surface area contributed by atoms with Crippen LogP contribution in [0.2, 0.25) is 0 Å². The summed E-state index contributed by atoms with van der Waals surface area (Å²) in [5.41, 5.74) is 4.47. The van der Waals surface area contributed by atoms with E-state index in [1.54, 1.807) is 7.11 Å². The Morgan fingerprint density at radius 2 is 1.76 bits per heavy atom. The Hall–Kier alpha value is -4.13. The van der Waals surface area contributed by atoms with Crippen LogP contribution in [0.5, 0.6) is 5.75 Å². The zero-order chi connectivity index (χ0) is 23.5. The Balaban J connectivity index is 1.39. The highest BCUT2D eigenvalue weighted by Gasteiger charge is 2.31. The summed E-state index contributed by atoms with van der Waals surface area (Å²) >= 11 is 0. The molecule has 34 heavy (non-hydrogen) atoms. The van der Waals surface area contributed by atoms with Crippen LogP contribution in [0, 0.1) is 6.92 Å². The molecule has 172 valence electrons. The molecule has 2 atom stereocenters. The number of fused-ring (bicyclic) bond motifs is 1. The van der Waals surface area contributed by atoms with E-state index in [4.69, 9.17) is 4.74 Å². The van der Waals surface area contributed by atoms with E-state index in [2.05, 4.69) is 64.0 Å². The van der Waals surface area contributed by atoms with Crippen molar-refractivity contribution in [2.24, 2.45) is 0 Å². The lowest BCUT2D eigenvalue weighted by Gasteiger charge is -2.31. The molecule has 0 bridgehead atoms. The van der Waals surface area contributed by atoms with Gasteiger partial charge in [0.15, 0.2) is 0 Å². The van der Waals surface area contributed by atoms with E-state index in [0.717, 1.165) is 23.3 Å². The van der Waals surface area contributed by atoms with E-state index >= 15 is 0 Å². The predicted octanol–water partition coefficient (Wildman–Crippen LogP) is 4.92. The lowest BCUT2D eigenvalue weighted by Crippen LogP contribution is -2.28. The van der Waals surface area contributed by atoms with Gasteiger partial charge in [0.1, 0.15) is 5.75 Å². The van der Waals surface area contributed by atoms with E-state index in [-0.39, 0.29) is 24.4 Å². The van der Waals surface area contributed by atoms with Gasteiger partial charge in [-0.05, 0) is 42.2 Å². The molecule has 0 spiro atoms. The number of amides is 1. The van der Waals surface area contributed by atoms with E-state index in [1.165, 1.54) is 11.1 Å². The number of carbonyl (C=O) groups is 1. The summed E-state index contributed by atoms with van der Waals surface area (Å²) in [5, 5.41) is 11.0. The van der Waals surface area contributed by atoms with E-state index in [9.17, 15) is 4.79 Å². The van der Waals surface area contributed by atoms with Crippen LogP contribution < -0.4 is 15.4 Å². The highest BCUT2D eigenvalue weighted by molar-refractivity contribution is 5.90. The van der Waals surface area contributed by atoms with Crippen molar-refractivity contribution in [2.75, 3.05) is 17.7 Å². The molecule has 3 aromatic carbocycles. The van der Waals surface area contributed by atoms with Crippen molar-refractivity contribution in [1.29, 1.82) is 0 Å². The van der Waals surface area contributed by atoms with Gasteiger partial charge in [-0.1, -0.05) is 72.3 Å². The third-order valence-electron chi connectivity index (χ3n) is 6.13. The monoisotopic (exact) mass is 453 g/mol. The van der Waals surface area contributed by atoms with Gasteiger partial charge < -0.3 is 10.1 Å². The molecule has 0 aliphatic carbocycles. The average Bonchev–Trinajstić information content (AvgIpc) is 3.27. The van der Waals surface area contributed by atoms with Crippen molar-refractivity contribution in [1.82, 2.24) is 14.8 Å². The Labute approximate surface area is 198 Å². The molecule has 1 aliphatic rings. The van der Waals surface area contributed by atoms with Crippen molar-refractivity contribution < 1.29 is 9.53 Å². The largest absolute Gasteiger partial charge is 0.497 e. The first kappa shape index (κ1) is 21.7. The number of ether oxygens (including phenoxy) is 1. The number of hydrogen-bond acceptors (Lipinski definition) is 5. The second kappa shape index (κ2) is 9.39. The maximum atomic E-state index is 12.7. The highest BCUT2D eigenvalue weighted by atomic mass is 16.5. The van der Waals surface area contributed by atoms with Crippen molar-refractivity contribution >= 4 is 17.8 Å². The molecule has 2 N–H and O–H groups in total. The summed E-state index contributed by atoms with van der Waals surface area (Å²) in [4.78, 5) is 17.3. The lowest BCUT2D eigenvalue weighted by molar-refractivity contribution is -0.115. The van der Waals surface area contributed by atoms with Gasteiger partial charge in [0.2, 0.25) is 11.9 Å². The first-order valence-electron chi connectivity index (χ1n) is 11.4. The Morgan fingerprint density at radius 1 is 1.03 bits per heavy atom. The summed E-state index contributed by atoms with van der Waals surface area (Å²) < 4.78 is 7.06. The maximum absolute atomic E-state index is 12.7. The molecule has 1 aliphatic heterocycles. The number of hydrogen-bond donors (Lipinski definition) is 2. The number of carbonyl (C=O) groups excluding carboxylic acids is 1. The number of nitrogens with zero attached hydrogens (tertiary/aromatic N) is 3. The van der Waals surface area contributed by atoms with Gasteiger partial charge in [0.05, 0.1) is 25.6 Å². The topological polar surface area (TPSA) is 81.1 Å². The molecular weight excluding hydrogens is 426 g/mol. The van der Waals surface area contributed by atoms with Gasteiger partial charge in [-0.25, -0.2) is 4.68 Å². The quantitative estimate of drug-likeness (QED) is 0.433. The van der Waals surface area contributed by atoms with E-state index in [0.29, 0.717) is 11.9 Å². The van der Waals surface area contributed by atoms with Gasteiger partial charge in [0, 0.05) is 0 Å². The maximum Gasteiger partial charge on any atom is 0.250 e. The number of anilines is 2. The predicted molar refractivity (Wildman–Crippen MR) is 132 cm³/mol. The smallest absolute Gasteiger partial charge is 0.250 e. The van der Waals surface area contributed by atoms with Crippen LogP contribution in [0.25, 0.3) is 0 Å². The van der Waals surface area contributed by atoms with Gasteiger partial charge in [0.25, 0.3) is 5.95 Å². The van der Waals surface area contributed by atoms with Crippen LogP contribution in [0.3, 0.4) is 0 Å². The van der Waals surface area contributed by atoms with Gasteiger partial charge in [-0.15, -0.1) is 5.10 Å². The third kappa shape index (κ3) is 4.64. The Bertz CT molecular complexity index is 1270.